The van der Waals surface area contributed by atoms with Gasteiger partial charge in [0, 0.05) is 37.3 Å². The molecule has 3 heterocycles. The lowest BCUT2D eigenvalue weighted by Crippen LogP contribution is -2.36. The van der Waals surface area contributed by atoms with Gasteiger partial charge in [0.2, 0.25) is 11.8 Å². The molecule has 2 aromatic heterocycles. The van der Waals surface area contributed by atoms with E-state index < -0.39 is 6.17 Å². The first-order valence-electron chi connectivity index (χ1n) is 12.0. The van der Waals surface area contributed by atoms with Gasteiger partial charge in [-0.1, -0.05) is 30.3 Å². The normalized spacial score (nSPS) is 17.7. The zero-order valence-corrected chi connectivity index (χ0v) is 21.3. The predicted molar refractivity (Wildman–Crippen MR) is 141 cm³/mol. The summed E-state index contributed by atoms with van der Waals surface area (Å²) in [5.41, 5.74) is 5.06. The summed E-state index contributed by atoms with van der Waals surface area (Å²) in [6.45, 7) is 5.37. The molecule has 0 saturated carbocycles. The van der Waals surface area contributed by atoms with Crippen LogP contribution in [0.25, 0.3) is 11.3 Å². The molecule has 0 amide bonds. The first-order chi connectivity index (χ1) is 17.5. The lowest BCUT2D eigenvalue weighted by atomic mass is 9.89. The SMILES string of the molecule is Cc1cccc(C)c1-c1cc(Oc2ccc(C3CCNCC3F)cc2)nc(NSc2cnn(C)c2)n1. The fourth-order valence-electron chi connectivity index (χ4n) is 4.53. The number of hydrogen-bond acceptors (Lipinski definition) is 7. The number of nitrogens with one attached hydrogen (secondary N) is 2. The molecule has 2 unspecified atom stereocenters. The second kappa shape index (κ2) is 10.7. The molecule has 1 saturated heterocycles. The molecule has 0 aliphatic carbocycles. The minimum Gasteiger partial charge on any atom is -0.439 e. The Morgan fingerprint density at radius 3 is 2.58 bits per heavy atom. The summed E-state index contributed by atoms with van der Waals surface area (Å²) >= 11 is 1.39. The van der Waals surface area contributed by atoms with Gasteiger partial charge in [0.25, 0.3) is 0 Å². The van der Waals surface area contributed by atoms with Crippen molar-refractivity contribution < 1.29 is 9.13 Å². The van der Waals surface area contributed by atoms with Gasteiger partial charge < -0.3 is 10.1 Å². The van der Waals surface area contributed by atoms with Crippen molar-refractivity contribution in [3.63, 3.8) is 0 Å². The number of halogens is 1. The number of alkyl halides is 1. The van der Waals surface area contributed by atoms with Crippen LogP contribution in [0, 0.1) is 13.8 Å². The van der Waals surface area contributed by atoms with Gasteiger partial charge in [-0.25, -0.2) is 9.37 Å². The Labute approximate surface area is 214 Å². The average molecular weight is 505 g/mol. The van der Waals surface area contributed by atoms with Gasteiger partial charge >= 0.3 is 0 Å². The lowest BCUT2D eigenvalue weighted by molar-refractivity contribution is 0.231. The van der Waals surface area contributed by atoms with Gasteiger partial charge in [0.15, 0.2) is 0 Å². The molecule has 2 atom stereocenters. The van der Waals surface area contributed by atoms with Gasteiger partial charge in [0.1, 0.15) is 11.9 Å². The highest BCUT2D eigenvalue weighted by Gasteiger charge is 2.26. The minimum absolute atomic E-state index is 0.0877. The van der Waals surface area contributed by atoms with E-state index in [1.165, 1.54) is 11.9 Å². The highest BCUT2D eigenvalue weighted by atomic mass is 32.2. The number of aromatic nitrogens is 4. The van der Waals surface area contributed by atoms with Crippen LogP contribution in [0.3, 0.4) is 0 Å². The fraction of sp³-hybridized carbons (Fsp3) is 0.296. The Morgan fingerprint density at radius 2 is 1.89 bits per heavy atom. The molecule has 9 heteroatoms. The second-order valence-electron chi connectivity index (χ2n) is 9.02. The molecule has 5 rings (SSSR count). The standard InChI is InChI=1S/C27H29FN6OS/c1-17-5-4-6-18(2)26(17)24-13-25(32-27(31-24)33-36-21-14-30-34(3)16-21)35-20-9-7-19(8-10-20)22-11-12-29-15-23(22)28/h4-10,13-14,16,22-23,29H,11-12,15H2,1-3H3,(H,31,32,33). The largest absolute Gasteiger partial charge is 0.439 e. The predicted octanol–water partition coefficient (Wildman–Crippen LogP) is 5.82. The van der Waals surface area contributed by atoms with E-state index in [9.17, 15) is 4.39 Å². The summed E-state index contributed by atoms with van der Waals surface area (Å²) in [6.07, 6.45) is 3.60. The van der Waals surface area contributed by atoms with E-state index in [0.717, 1.165) is 45.8 Å². The van der Waals surface area contributed by atoms with Crippen LogP contribution in [0.1, 0.15) is 29.0 Å². The van der Waals surface area contributed by atoms with Gasteiger partial charge in [-0.15, -0.1) is 0 Å². The molecule has 36 heavy (non-hydrogen) atoms. The van der Waals surface area contributed by atoms with Gasteiger partial charge in [-0.2, -0.15) is 10.1 Å². The van der Waals surface area contributed by atoms with E-state index in [2.05, 4.69) is 46.1 Å². The molecular formula is C27H29FN6OS. The number of piperidine rings is 1. The van der Waals surface area contributed by atoms with Crippen molar-refractivity contribution in [2.45, 2.75) is 37.3 Å². The van der Waals surface area contributed by atoms with Crippen LogP contribution in [0.2, 0.25) is 0 Å². The van der Waals surface area contributed by atoms with Crippen molar-refractivity contribution in [1.82, 2.24) is 25.1 Å². The Morgan fingerprint density at radius 1 is 1.11 bits per heavy atom. The van der Waals surface area contributed by atoms with Crippen LogP contribution in [0.15, 0.2) is 65.8 Å². The van der Waals surface area contributed by atoms with Gasteiger partial charge in [-0.05, 0) is 67.6 Å². The number of aryl methyl sites for hydroxylation is 3. The van der Waals surface area contributed by atoms with Crippen molar-refractivity contribution in [2.24, 2.45) is 7.05 Å². The van der Waals surface area contributed by atoms with Crippen LogP contribution in [-0.2, 0) is 7.05 Å². The highest BCUT2D eigenvalue weighted by molar-refractivity contribution is 8.00. The van der Waals surface area contributed by atoms with E-state index in [1.54, 1.807) is 10.9 Å². The molecule has 1 aliphatic heterocycles. The van der Waals surface area contributed by atoms with E-state index in [1.807, 2.05) is 49.6 Å². The third-order valence-corrected chi connectivity index (χ3v) is 7.05. The number of hydrogen-bond donors (Lipinski definition) is 2. The van der Waals surface area contributed by atoms with Crippen LogP contribution in [0.5, 0.6) is 11.6 Å². The van der Waals surface area contributed by atoms with E-state index >= 15 is 0 Å². The molecule has 7 nitrogen and oxygen atoms in total. The number of anilines is 1. The minimum atomic E-state index is -0.877. The third kappa shape index (κ3) is 5.52. The Kier molecular flexibility index (Phi) is 7.20. The summed E-state index contributed by atoms with van der Waals surface area (Å²) in [4.78, 5) is 10.3. The molecule has 2 aromatic carbocycles. The molecular weight excluding hydrogens is 475 g/mol. The van der Waals surface area contributed by atoms with Crippen LogP contribution >= 0.6 is 11.9 Å². The Bertz CT molecular complexity index is 1320. The average Bonchev–Trinajstić information content (AvgIpc) is 3.29. The monoisotopic (exact) mass is 504 g/mol. The summed E-state index contributed by atoms with van der Waals surface area (Å²) in [7, 11) is 1.87. The van der Waals surface area contributed by atoms with Crippen molar-refractivity contribution in [1.29, 1.82) is 0 Å². The maximum absolute atomic E-state index is 14.4. The smallest absolute Gasteiger partial charge is 0.237 e. The summed E-state index contributed by atoms with van der Waals surface area (Å²) in [5.74, 6) is 1.41. The summed E-state index contributed by atoms with van der Waals surface area (Å²) < 4.78 is 25.5. The van der Waals surface area contributed by atoms with E-state index in [0.29, 0.717) is 24.1 Å². The van der Waals surface area contributed by atoms with Crippen molar-refractivity contribution >= 4 is 17.9 Å². The number of rotatable bonds is 7. The third-order valence-electron chi connectivity index (χ3n) is 6.32. The van der Waals surface area contributed by atoms with E-state index in [4.69, 9.17) is 9.72 Å². The lowest BCUT2D eigenvalue weighted by Gasteiger charge is -2.27. The maximum atomic E-state index is 14.4. The first kappa shape index (κ1) is 24.3. The van der Waals surface area contributed by atoms with Crippen molar-refractivity contribution in [2.75, 3.05) is 17.8 Å². The second-order valence-corrected chi connectivity index (χ2v) is 9.90. The molecule has 0 spiro atoms. The molecule has 0 bridgehead atoms. The molecule has 0 radical (unpaired) electrons. The van der Waals surface area contributed by atoms with Crippen LogP contribution in [0.4, 0.5) is 10.3 Å². The first-order valence-corrected chi connectivity index (χ1v) is 12.8. The maximum Gasteiger partial charge on any atom is 0.237 e. The van der Waals surface area contributed by atoms with Gasteiger partial charge in [0.05, 0.1) is 16.8 Å². The van der Waals surface area contributed by atoms with Crippen LogP contribution < -0.4 is 14.8 Å². The Hall–Kier alpha value is -3.43. The fourth-order valence-corrected chi connectivity index (χ4v) is 5.13. The number of ether oxygens (including phenoxy) is 1. The summed E-state index contributed by atoms with van der Waals surface area (Å²) in [6, 6.07) is 15.7. The van der Waals surface area contributed by atoms with Crippen molar-refractivity contribution in [3.8, 4) is 22.9 Å². The molecule has 4 aromatic rings. The zero-order chi connectivity index (χ0) is 25.1. The van der Waals surface area contributed by atoms with Gasteiger partial charge in [-0.3, -0.25) is 9.40 Å². The molecule has 2 N–H and O–H groups in total. The quantitative estimate of drug-likeness (QED) is 0.307. The highest BCUT2D eigenvalue weighted by Crippen LogP contribution is 2.33. The molecule has 1 aliphatic rings. The molecule has 1 fully saturated rings. The zero-order valence-electron chi connectivity index (χ0n) is 20.5. The van der Waals surface area contributed by atoms with E-state index in [-0.39, 0.29) is 5.92 Å². The van der Waals surface area contributed by atoms with Crippen LogP contribution in [-0.4, -0.2) is 39.0 Å². The summed E-state index contributed by atoms with van der Waals surface area (Å²) in [5, 5.41) is 7.31. The number of benzene rings is 2. The van der Waals surface area contributed by atoms with Crippen molar-refractivity contribution in [3.05, 3.63) is 77.6 Å². The molecule has 186 valence electrons. The number of nitrogens with zero attached hydrogens (tertiary/aromatic N) is 4. The Balaban J connectivity index is 1.42. The topological polar surface area (TPSA) is 76.9 Å².